The van der Waals surface area contributed by atoms with Gasteiger partial charge in [0.25, 0.3) is 5.78 Å². The molecule has 0 spiro atoms. The standard InChI is InChI=1S/C13H17N5O2/c1-2-10-6-11(18-13(16-10)14-8-15-18)17-5-3-4-9(7-17)12(19)20/h6,8-9H,2-5,7H2,1H3,(H,19,20)/t9-/m1/s1. The molecule has 106 valence electrons. The molecule has 1 N–H and O–H groups in total. The minimum atomic E-state index is -0.727. The fourth-order valence-corrected chi connectivity index (χ4v) is 2.64. The van der Waals surface area contributed by atoms with Gasteiger partial charge < -0.3 is 10.0 Å². The predicted molar refractivity (Wildman–Crippen MR) is 72.7 cm³/mol. The van der Waals surface area contributed by atoms with Crippen molar-refractivity contribution in [3.8, 4) is 0 Å². The fourth-order valence-electron chi connectivity index (χ4n) is 2.64. The van der Waals surface area contributed by atoms with Gasteiger partial charge in [-0.3, -0.25) is 4.79 Å². The zero-order valence-corrected chi connectivity index (χ0v) is 11.4. The predicted octanol–water partition coefficient (Wildman–Crippen LogP) is 0.988. The number of fused-ring (bicyclic) bond motifs is 1. The summed E-state index contributed by atoms with van der Waals surface area (Å²) in [6.07, 6.45) is 3.89. The van der Waals surface area contributed by atoms with Crippen LogP contribution in [0.2, 0.25) is 0 Å². The van der Waals surface area contributed by atoms with E-state index in [4.69, 9.17) is 0 Å². The molecule has 7 nitrogen and oxygen atoms in total. The zero-order chi connectivity index (χ0) is 14.1. The Morgan fingerprint density at radius 3 is 3.15 bits per heavy atom. The maximum atomic E-state index is 11.2. The van der Waals surface area contributed by atoms with Gasteiger partial charge in [-0.05, 0) is 19.3 Å². The van der Waals surface area contributed by atoms with Crippen molar-refractivity contribution in [2.75, 3.05) is 18.0 Å². The summed E-state index contributed by atoms with van der Waals surface area (Å²) < 4.78 is 1.68. The highest BCUT2D eigenvalue weighted by atomic mass is 16.4. The normalized spacial score (nSPS) is 19.4. The molecule has 1 aliphatic rings. The number of hydrogen-bond donors (Lipinski definition) is 1. The Morgan fingerprint density at radius 1 is 1.55 bits per heavy atom. The number of anilines is 1. The number of hydrogen-bond acceptors (Lipinski definition) is 5. The fraction of sp³-hybridized carbons (Fsp3) is 0.538. The molecule has 0 unspecified atom stereocenters. The molecular formula is C13H17N5O2. The molecule has 1 fully saturated rings. The Hall–Kier alpha value is -2.18. The van der Waals surface area contributed by atoms with Crippen molar-refractivity contribution < 1.29 is 9.90 Å². The van der Waals surface area contributed by atoms with Crippen molar-refractivity contribution in [1.29, 1.82) is 0 Å². The van der Waals surface area contributed by atoms with Crippen LogP contribution in [0.3, 0.4) is 0 Å². The van der Waals surface area contributed by atoms with Crippen LogP contribution in [0.15, 0.2) is 12.4 Å². The van der Waals surface area contributed by atoms with Gasteiger partial charge in [-0.1, -0.05) is 6.92 Å². The van der Waals surface area contributed by atoms with Crippen LogP contribution in [0, 0.1) is 5.92 Å². The molecule has 20 heavy (non-hydrogen) atoms. The Morgan fingerprint density at radius 2 is 2.40 bits per heavy atom. The molecule has 2 aromatic heterocycles. The van der Waals surface area contributed by atoms with E-state index in [1.807, 2.05) is 13.0 Å². The number of carbonyl (C=O) groups is 1. The molecule has 3 rings (SSSR count). The van der Waals surface area contributed by atoms with Gasteiger partial charge >= 0.3 is 5.97 Å². The average Bonchev–Trinajstić information content (AvgIpc) is 2.94. The van der Waals surface area contributed by atoms with Crippen molar-refractivity contribution in [1.82, 2.24) is 19.6 Å². The molecule has 1 aliphatic heterocycles. The summed E-state index contributed by atoms with van der Waals surface area (Å²) in [6, 6.07) is 1.98. The lowest BCUT2D eigenvalue weighted by atomic mass is 9.98. The van der Waals surface area contributed by atoms with Gasteiger partial charge in [-0.25, -0.2) is 4.98 Å². The van der Waals surface area contributed by atoms with Crippen molar-refractivity contribution in [3.05, 3.63) is 18.1 Å². The number of aliphatic carboxylic acids is 1. The first-order valence-corrected chi connectivity index (χ1v) is 6.86. The molecule has 0 saturated carbocycles. The van der Waals surface area contributed by atoms with E-state index in [0.29, 0.717) is 12.3 Å². The molecule has 7 heteroatoms. The van der Waals surface area contributed by atoms with E-state index in [0.717, 1.165) is 37.3 Å². The SMILES string of the molecule is CCc1cc(N2CCC[C@@H](C(=O)O)C2)n2ncnc2n1. The number of nitrogens with zero attached hydrogens (tertiary/aromatic N) is 5. The minimum Gasteiger partial charge on any atom is -0.481 e. The third kappa shape index (κ3) is 2.19. The molecule has 1 atom stereocenters. The monoisotopic (exact) mass is 275 g/mol. The highest BCUT2D eigenvalue weighted by Gasteiger charge is 2.27. The van der Waals surface area contributed by atoms with Crippen LogP contribution >= 0.6 is 0 Å². The lowest BCUT2D eigenvalue weighted by Crippen LogP contribution is -2.39. The molecule has 3 heterocycles. The number of piperidine rings is 1. The second kappa shape index (κ2) is 5.07. The number of carboxylic acids is 1. The summed E-state index contributed by atoms with van der Waals surface area (Å²) in [5.74, 6) is 0.405. The molecule has 0 amide bonds. The van der Waals surface area contributed by atoms with Crippen LogP contribution in [0.25, 0.3) is 5.78 Å². The van der Waals surface area contributed by atoms with Crippen molar-refractivity contribution in [3.63, 3.8) is 0 Å². The second-order valence-electron chi connectivity index (χ2n) is 5.05. The third-order valence-electron chi connectivity index (χ3n) is 3.74. The summed E-state index contributed by atoms with van der Waals surface area (Å²) in [5, 5.41) is 13.4. The Kier molecular flexibility index (Phi) is 3.25. The molecular weight excluding hydrogens is 258 g/mol. The third-order valence-corrected chi connectivity index (χ3v) is 3.74. The van der Waals surface area contributed by atoms with Gasteiger partial charge in [0.15, 0.2) is 0 Å². The van der Waals surface area contributed by atoms with Gasteiger partial charge in [0.2, 0.25) is 0 Å². The molecule has 0 bridgehead atoms. The summed E-state index contributed by atoms with van der Waals surface area (Å²) >= 11 is 0. The first kappa shape index (κ1) is 12.8. The molecule has 0 aromatic carbocycles. The quantitative estimate of drug-likeness (QED) is 0.899. The van der Waals surface area contributed by atoms with Crippen molar-refractivity contribution in [2.45, 2.75) is 26.2 Å². The smallest absolute Gasteiger partial charge is 0.308 e. The average molecular weight is 275 g/mol. The number of aryl methyl sites for hydroxylation is 1. The molecule has 0 aliphatic carbocycles. The highest BCUT2D eigenvalue weighted by molar-refractivity contribution is 5.71. The van der Waals surface area contributed by atoms with E-state index < -0.39 is 5.97 Å². The highest BCUT2D eigenvalue weighted by Crippen LogP contribution is 2.24. The Labute approximate surface area is 116 Å². The van der Waals surface area contributed by atoms with E-state index in [-0.39, 0.29) is 5.92 Å². The summed E-state index contributed by atoms with van der Waals surface area (Å²) in [6.45, 7) is 3.39. The number of aromatic nitrogens is 4. The molecule has 2 aromatic rings. The van der Waals surface area contributed by atoms with Crippen LogP contribution in [0.1, 0.15) is 25.5 Å². The van der Waals surface area contributed by atoms with Crippen LogP contribution in [0.4, 0.5) is 5.82 Å². The maximum Gasteiger partial charge on any atom is 0.308 e. The van der Waals surface area contributed by atoms with E-state index in [9.17, 15) is 9.90 Å². The van der Waals surface area contributed by atoms with Gasteiger partial charge in [-0.2, -0.15) is 14.6 Å². The first-order valence-electron chi connectivity index (χ1n) is 6.86. The van der Waals surface area contributed by atoms with Gasteiger partial charge in [0.1, 0.15) is 12.1 Å². The molecule has 1 saturated heterocycles. The van der Waals surface area contributed by atoms with Crippen LogP contribution in [-0.4, -0.2) is 43.7 Å². The Balaban J connectivity index is 2.00. The lowest BCUT2D eigenvalue weighted by Gasteiger charge is -2.32. The topological polar surface area (TPSA) is 83.6 Å². The van der Waals surface area contributed by atoms with Crippen LogP contribution < -0.4 is 4.90 Å². The van der Waals surface area contributed by atoms with E-state index in [2.05, 4.69) is 20.0 Å². The number of rotatable bonds is 3. The summed E-state index contributed by atoms with van der Waals surface area (Å²) in [4.78, 5) is 21.8. The maximum absolute atomic E-state index is 11.2. The van der Waals surface area contributed by atoms with Crippen molar-refractivity contribution in [2.24, 2.45) is 5.92 Å². The second-order valence-corrected chi connectivity index (χ2v) is 5.05. The van der Waals surface area contributed by atoms with E-state index >= 15 is 0 Å². The largest absolute Gasteiger partial charge is 0.481 e. The van der Waals surface area contributed by atoms with Gasteiger partial charge in [0.05, 0.1) is 5.92 Å². The van der Waals surface area contributed by atoms with Gasteiger partial charge in [-0.15, -0.1) is 0 Å². The van der Waals surface area contributed by atoms with E-state index in [1.54, 1.807) is 4.52 Å². The van der Waals surface area contributed by atoms with Gasteiger partial charge in [0, 0.05) is 24.8 Å². The van der Waals surface area contributed by atoms with Crippen LogP contribution in [0.5, 0.6) is 0 Å². The van der Waals surface area contributed by atoms with Crippen molar-refractivity contribution >= 4 is 17.6 Å². The zero-order valence-electron chi connectivity index (χ0n) is 11.4. The van der Waals surface area contributed by atoms with E-state index in [1.165, 1.54) is 6.33 Å². The summed E-state index contributed by atoms with van der Waals surface area (Å²) in [7, 11) is 0. The summed E-state index contributed by atoms with van der Waals surface area (Å²) in [5.41, 5.74) is 0.943. The molecule has 0 radical (unpaired) electrons. The Bertz CT molecular complexity index is 639. The van der Waals surface area contributed by atoms with Crippen LogP contribution in [-0.2, 0) is 11.2 Å². The number of carboxylic acid groups (broad SMARTS) is 1. The minimum absolute atomic E-state index is 0.319. The lowest BCUT2D eigenvalue weighted by molar-refractivity contribution is -0.141. The first-order chi connectivity index (χ1) is 9.69.